The Balaban J connectivity index is 1.80. The van der Waals surface area contributed by atoms with Crippen LogP contribution in [0.5, 0.6) is 0 Å². The van der Waals surface area contributed by atoms with E-state index >= 15 is 0 Å². The van der Waals surface area contributed by atoms with Crippen molar-refractivity contribution in [3.63, 3.8) is 0 Å². The zero-order valence-corrected chi connectivity index (χ0v) is 16.7. The quantitative estimate of drug-likeness (QED) is 0.493. The molecule has 1 aliphatic heterocycles. The lowest BCUT2D eigenvalue weighted by atomic mass is 9.90. The fraction of sp³-hybridized carbons (Fsp3) is 0.417. The molecule has 2 aliphatic rings. The van der Waals surface area contributed by atoms with Gasteiger partial charge in [0.05, 0.1) is 11.0 Å². The molecule has 28 heavy (non-hydrogen) atoms. The van der Waals surface area contributed by atoms with Gasteiger partial charge in [0.1, 0.15) is 6.04 Å². The lowest BCUT2D eigenvalue weighted by molar-refractivity contribution is -0.432. The molecule has 4 nitrogen and oxygen atoms in total. The number of hydrogen-bond donors (Lipinski definition) is 0. The molecular formula is C24H28N2O2. The van der Waals surface area contributed by atoms with Crippen LogP contribution in [0.15, 0.2) is 60.3 Å². The van der Waals surface area contributed by atoms with E-state index in [-0.39, 0.29) is 17.0 Å². The predicted octanol–water partition coefficient (Wildman–Crippen LogP) is 5.89. The summed E-state index contributed by atoms with van der Waals surface area (Å²) < 4.78 is 0. The van der Waals surface area contributed by atoms with Crippen molar-refractivity contribution < 1.29 is 4.92 Å². The standard InChI is InChI=1S/C24H28N2O2/c1-17-8-12-19(13-9-17)22-16-23(26(27)28)24(20-14-10-18(2)11-15-20)25(22)21-6-4-3-5-7-21/h8-16,21-22,24H,3-7H2,1-2H3/t22-,24+/m0/s1. The van der Waals surface area contributed by atoms with Crippen molar-refractivity contribution in [3.8, 4) is 0 Å². The molecule has 4 heteroatoms. The van der Waals surface area contributed by atoms with Gasteiger partial charge in [-0.1, -0.05) is 78.9 Å². The lowest BCUT2D eigenvalue weighted by Gasteiger charge is -2.39. The van der Waals surface area contributed by atoms with Crippen molar-refractivity contribution >= 4 is 0 Å². The van der Waals surface area contributed by atoms with Crippen molar-refractivity contribution in [3.05, 3.63) is 92.7 Å². The summed E-state index contributed by atoms with van der Waals surface area (Å²) in [7, 11) is 0. The second-order valence-electron chi connectivity index (χ2n) is 8.26. The van der Waals surface area contributed by atoms with Crippen LogP contribution >= 0.6 is 0 Å². The minimum absolute atomic E-state index is 0.0459. The third kappa shape index (κ3) is 3.61. The maximum absolute atomic E-state index is 12.0. The largest absolute Gasteiger partial charge is 0.273 e. The van der Waals surface area contributed by atoms with Crippen LogP contribution < -0.4 is 0 Å². The van der Waals surface area contributed by atoms with E-state index < -0.39 is 0 Å². The molecule has 1 fully saturated rings. The van der Waals surface area contributed by atoms with Gasteiger partial charge in [0.25, 0.3) is 5.70 Å². The van der Waals surface area contributed by atoms with Crippen LogP contribution in [0, 0.1) is 24.0 Å². The monoisotopic (exact) mass is 376 g/mol. The van der Waals surface area contributed by atoms with Gasteiger partial charge in [-0.05, 0) is 37.8 Å². The summed E-state index contributed by atoms with van der Waals surface area (Å²) in [4.78, 5) is 14.3. The van der Waals surface area contributed by atoms with E-state index in [2.05, 4.69) is 67.3 Å². The first-order valence-electron chi connectivity index (χ1n) is 10.3. The van der Waals surface area contributed by atoms with Gasteiger partial charge in [-0.3, -0.25) is 15.0 Å². The molecule has 0 saturated heterocycles. The normalized spacial score (nSPS) is 23.6. The molecule has 1 aliphatic carbocycles. The highest BCUT2D eigenvalue weighted by Crippen LogP contribution is 2.47. The second kappa shape index (κ2) is 7.88. The topological polar surface area (TPSA) is 46.4 Å². The number of aryl methyl sites for hydroxylation is 2. The van der Waals surface area contributed by atoms with Crippen molar-refractivity contribution in [2.75, 3.05) is 0 Å². The summed E-state index contributed by atoms with van der Waals surface area (Å²) in [6.45, 7) is 4.13. The van der Waals surface area contributed by atoms with Gasteiger partial charge in [-0.25, -0.2) is 0 Å². The summed E-state index contributed by atoms with van der Waals surface area (Å²) in [5.41, 5.74) is 4.87. The Morgan fingerprint density at radius 2 is 1.39 bits per heavy atom. The van der Waals surface area contributed by atoms with Gasteiger partial charge in [0.15, 0.2) is 0 Å². The Morgan fingerprint density at radius 3 is 1.93 bits per heavy atom. The fourth-order valence-corrected chi connectivity index (χ4v) is 4.75. The van der Waals surface area contributed by atoms with E-state index in [9.17, 15) is 10.1 Å². The van der Waals surface area contributed by atoms with Gasteiger partial charge in [0, 0.05) is 12.1 Å². The zero-order valence-electron chi connectivity index (χ0n) is 16.7. The van der Waals surface area contributed by atoms with E-state index in [0.717, 1.165) is 24.0 Å². The minimum atomic E-state index is -0.287. The first-order valence-corrected chi connectivity index (χ1v) is 10.3. The van der Waals surface area contributed by atoms with Crippen LogP contribution in [0.1, 0.15) is 66.4 Å². The van der Waals surface area contributed by atoms with Crippen LogP contribution in [-0.2, 0) is 0 Å². The second-order valence-corrected chi connectivity index (χ2v) is 8.26. The Hall–Kier alpha value is -2.46. The minimum Gasteiger partial charge on any atom is -0.273 e. The lowest BCUT2D eigenvalue weighted by Crippen LogP contribution is -2.39. The smallest absolute Gasteiger partial charge is 0.265 e. The number of nitrogens with zero attached hydrogens (tertiary/aromatic N) is 2. The van der Waals surface area contributed by atoms with Gasteiger partial charge in [0.2, 0.25) is 0 Å². The van der Waals surface area contributed by atoms with Crippen LogP contribution in [0.2, 0.25) is 0 Å². The third-order valence-corrected chi connectivity index (χ3v) is 6.25. The van der Waals surface area contributed by atoms with Gasteiger partial charge in [-0.2, -0.15) is 0 Å². The molecule has 1 saturated carbocycles. The molecule has 2 atom stereocenters. The van der Waals surface area contributed by atoms with Crippen LogP contribution in [0.4, 0.5) is 0 Å². The highest BCUT2D eigenvalue weighted by atomic mass is 16.6. The first kappa shape index (κ1) is 18.9. The van der Waals surface area contributed by atoms with E-state index in [1.165, 1.54) is 30.4 Å². The summed E-state index contributed by atoms with van der Waals surface area (Å²) in [6.07, 6.45) is 7.80. The molecule has 2 aromatic carbocycles. The first-order chi connectivity index (χ1) is 13.5. The van der Waals surface area contributed by atoms with Crippen LogP contribution in [0.25, 0.3) is 0 Å². The number of rotatable bonds is 4. The maximum atomic E-state index is 12.0. The SMILES string of the molecule is Cc1ccc([C@@H]2C=C([N+](=O)[O-])[C@@H](c3ccc(C)cc3)N2C2CCCCC2)cc1. The number of nitro groups is 1. The van der Waals surface area contributed by atoms with Crippen LogP contribution in [0.3, 0.4) is 0 Å². The fourth-order valence-electron chi connectivity index (χ4n) is 4.75. The summed E-state index contributed by atoms with van der Waals surface area (Å²) in [5.74, 6) is 0. The van der Waals surface area contributed by atoms with E-state index in [1.807, 2.05) is 6.08 Å². The van der Waals surface area contributed by atoms with Gasteiger partial charge >= 0.3 is 0 Å². The predicted molar refractivity (Wildman–Crippen MR) is 112 cm³/mol. The van der Waals surface area contributed by atoms with Gasteiger partial charge in [-0.15, -0.1) is 0 Å². The molecule has 0 unspecified atom stereocenters. The Bertz CT molecular complexity index is 864. The molecule has 0 bridgehead atoms. The third-order valence-electron chi connectivity index (χ3n) is 6.25. The highest BCUT2D eigenvalue weighted by Gasteiger charge is 2.46. The average Bonchev–Trinajstić information content (AvgIpc) is 3.11. The van der Waals surface area contributed by atoms with E-state index in [0.29, 0.717) is 11.7 Å². The number of benzene rings is 2. The summed E-state index contributed by atoms with van der Waals surface area (Å²) in [5, 5.41) is 12.0. The number of hydrogen-bond acceptors (Lipinski definition) is 3. The Labute approximate surface area is 167 Å². The summed E-state index contributed by atoms with van der Waals surface area (Å²) >= 11 is 0. The van der Waals surface area contributed by atoms with Gasteiger partial charge < -0.3 is 0 Å². The molecule has 1 heterocycles. The molecule has 2 aromatic rings. The highest BCUT2D eigenvalue weighted by molar-refractivity contribution is 5.37. The van der Waals surface area contributed by atoms with Crippen molar-refractivity contribution in [2.24, 2.45) is 0 Å². The molecule has 146 valence electrons. The van der Waals surface area contributed by atoms with Crippen molar-refractivity contribution in [1.29, 1.82) is 0 Å². The molecule has 0 aromatic heterocycles. The molecule has 0 radical (unpaired) electrons. The molecule has 0 N–H and O–H groups in total. The zero-order chi connectivity index (χ0) is 19.7. The molecule has 4 rings (SSSR count). The van der Waals surface area contributed by atoms with Crippen LogP contribution in [-0.4, -0.2) is 15.9 Å². The molecular weight excluding hydrogens is 348 g/mol. The Kier molecular flexibility index (Phi) is 5.31. The molecule has 0 spiro atoms. The van der Waals surface area contributed by atoms with Crippen molar-refractivity contribution in [1.82, 2.24) is 4.90 Å². The average molecular weight is 377 g/mol. The maximum Gasteiger partial charge on any atom is 0.265 e. The molecule has 0 amide bonds. The Morgan fingerprint density at radius 1 is 0.857 bits per heavy atom. The van der Waals surface area contributed by atoms with Crippen molar-refractivity contribution in [2.45, 2.75) is 64.1 Å². The summed E-state index contributed by atoms with van der Waals surface area (Å²) in [6, 6.07) is 16.7. The van der Waals surface area contributed by atoms with E-state index in [4.69, 9.17) is 0 Å². The van der Waals surface area contributed by atoms with E-state index in [1.54, 1.807) is 0 Å².